The van der Waals surface area contributed by atoms with Crippen molar-refractivity contribution < 1.29 is 19.1 Å². The summed E-state index contributed by atoms with van der Waals surface area (Å²) >= 11 is 1.55. The van der Waals surface area contributed by atoms with E-state index in [4.69, 9.17) is 4.74 Å². The van der Waals surface area contributed by atoms with Crippen molar-refractivity contribution in [2.45, 2.75) is 13.5 Å². The van der Waals surface area contributed by atoms with Crippen LogP contribution in [0.3, 0.4) is 0 Å². The maximum atomic E-state index is 12.5. The lowest BCUT2D eigenvalue weighted by atomic mass is 10.2. The zero-order valence-electron chi connectivity index (χ0n) is 16.4. The number of hydrogen-bond acceptors (Lipinski definition) is 5. The second-order valence-electron chi connectivity index (χ2n) is 6.51. The average Bonchev–Trinajstić information content (AvgIpc) is 3.37. The first kappa shape index (κ1) is 20.6. The highest BCUT2D eigenvalue weighted by Crippen LogP contribution is 2.21. The SMILES string of the molecule is CCN(CC(=O)NCc1cccs1)C(=O)COC(=O)c1cn(C)c2ccccc12. The Hall–Kier alpha value is -3.13. The molecule has 0 aliphatic carbocycles. The van der Waals surface area contributed by atoms with Gasteiger partial charge in [0.15, 0.2) is 6.61 Å². The van der Waals surface area contributed by atoms with Crippen LogP contribution in [0.25, 0.3) is 10.9 Å². The highest BCUT2D eigenvalue weighted by atomic mass is 32.1. The number of fused-ring (bicyclic) bond motifs is 1. The molecule has 1 aromatic carbocycles. The number of nitrogens with zero attached hydrogens (tertiary/aromatic N) is 2. The number of para-hydroxylation sites is 1. The maximum Gasteiger partial charge on any atom is 0.340 e. The molecule has 29 heavy (non-hydrogen) atoms. The van der Waals surface area contributed by atoms with Crippen molar-refractivity contribution in [3.8, 4) is 0 Å². The molecule has 8 heteroatoms. The molecule has 0 aliphatic rings. The number of aryl methyl sites for hydroxylation is 1. The minimum absolute atomic E-state index is 0.0769. The summed E-state index contributed by atoms with van der Waals surface area (Å²) in [5.74, 6) is -1.23. The van der Waals surface area contributed by atoms with Crippen LogP contribution in [0, 0.1) is 0 Å². The van der Waals surface area contributed by atoms with Gasteiger partial charge in [0.2, 0.25) is 5.91 Å². The Morgan fingerprint density at radius 2 is 1.97 bits per heavy atom. The number of thiophene rings is 1. The van der Waals surface area contributed by atoms with Gasteiger partial charge in [0.05, 0.1) is 18.7 Å². The van der Waals surface area contributed by atoms with Crippen molar-refractivity contribution >= 4 is 40.0 Å². The Kier molecular flexibility index (Phi) is 6.66. The monoisotopic (exact) mass is 413 g/mol. The van der Waals surface area contributed by atoms with Crippen LogP contribution < -0.4 is 5.32 Å². The van der Waals surface area contributed by atoms with Gasteiger partial charge in [-0.25, -0.2) is 4.79 Å². The molecule has 1 N–H and O–H groups in total. The normalized spacial score (nSPS) is 10.7. The lowest BCUT2D eigenvalue weighted by Crippen LogP contribution is -2.42. The number of rotatable bonds is 8. The molecule has 2 heterocycles. The van der Waals surface area contributed by atoms with Crippen LogP contribution in [-0.2, 0) is 27.9 Å². The van der Waals surface area contributed by atoms with E-state index in [1.807, 2.05) is 53.4 Å². The Bertz CT molecular complexity index is 1010. The number of aromatic nitrogens is 1. The van der Waals surface area contributed by atoms with Gasteiger partial charge >= 0.3 is 5.97 Å². The molecule has 3 rings (SSSR count). The van der Waals surface area contributed by atoms with Crippen LogP contribution in [0.1, 0.15) is 22.2 Å². The second-order valence-corrected chi connectivity index (χ2v) is 7.54. The van der Waals surface area contributed by atoms with Crippen molar-refractivity contribution in [3.05, 3.63) is 58.4 Å². The highest BCUT2D eigenvalue weighted by molar-refractivity contribution is 7.09. The van der Waals surface area contributed by atoms with E-state index in [9.17, 15) is 14.4 Å². The summed E-state index contributed by atoms with van der Waals surface area (Å²) in [4.78, 5) is 39.4. The van der Waals surface area contributed by atoms with Crippen molar-refractivity contribution in [1.82, 2.24) is 14.8 Å². The summed E-state index contributed by atoms with van der Waals surface area (Å²) < 4.78 is 7.06. The van der Waals surface area contributed by atoms with E-state index >= 15 is 0 Å². The number of esters is 1. The molecule has 0 fully saturated rings. The van der Waals surface area contributed by atoms with Gasteiger partial charge in [-0.15, -0.1) is 11.3 Å². The van der Waals surface area contributed by atoms with Gasteiger partial charge in [0, 0.05) is 35.6 Å². The summed E-state index contributed by atoms with van der Waals surface area (Å²) in [7, 11) is 1.85. The standard InChI is InChI=1S/C21H23N3O4S/c1-3-24(13-19(25)22-11-15-7-6-10-29-15)20(26)14-28-21(27)17-12-23(2)18-9-5-4-8-16(17)18/h4-10,12H,3,11,13-14H2,1-2H3,(H,22,25). The number of carbonyl (C=O) groups excluding carboxylic acids is 3. The molecule has 0 atom stereocenters. The number of amides is 2. The third-order valence-corrected chi connectivity index (χ3v) is 5.43. The van der Waals surface area contributed by atoms with Gasteiger partial charge in [-0.3, -0.25) is 9.59 Å². The maximum absolute atomic E-state index is 12.5. The van der Waals surface area contributed by atoms with Crippen LogP contribution in [0.5, 0.6) is 0 Å². The van der Waals surface area contributed by atoms with Crippen LogP contribution in [0.4, 0.5) is 0 Å². The third-order valence-electron chi connectivity index (χ3n) is 4.55. The molecule has 0 saturated carbocycles. The van der Waals surface area contributed by atoms with E-state index in [1.54, 1.807) is 24.5 Å². The van der Waals surface area contributed by atoms with Gasteiger partial charge in [0.1, 0.15) is 0 Å². The number of carbonyl (C=O) groups is 3. The fraction of sp³-hybridized carbons (Fsp3) is 0.286. The Labute approximate surface area is 172 Å². The Balaban J connectivity index is 1.53. The summed E-state index contributed by atoms with van der Waals surface area (Å²) in [6.07, 6.45) is 1.69. The molecular weight excluding hydrogens is 390 g/mol. The first-order valence-electron chi connectivity index (χ1n) is 9.27. The quantitative estimate of drug-likeness (QED) is 0.576. The summed E-state index contributed by atoms with van der Waals surface area (Å²) in [6.45, 7) is 2.06. The van der Waals surface area contributed by atoms with Crippen LogP contribution >= 0.6 is 11.3 Å². The van der Waals surface area contributed by atoms with Crippen molar-refractivity contribution in [2.24, 2.45) is 7.05 Å². The molecule has 2 aromatic heterocycles. The fourth-order valence-electron chi connectivity index (χ4n) is 3.01. The third kappa shape index (κ3) is 5.03. The van der Waals surface area contributed by atoms with Gasteiger partial charge in [-0.2, -0.15) is 0 Å². The first-order valence-corrected chi connectivity index (χ1v) is 10.2. The molecule has 3 aromatic rings. The molecule has 0 bridgehead atoms. The van der Waals surface area contributed by atoms with E-state index in [0.29, 0.717) is 18.7 Å². The minimum atomic E-state index is -0.562. The van der Waals surface area contributed by atoms with Gasteiger partial charge in [-0.1, -0.05) is 24.3 Å². The van der Waals surface area contributed by atoms with Gasteiger partial charge < -0.3 is 19.5 Å². The highest BCUT2D eigenvalue weighted by Gasteiger charge is 2.20. The van der Waals surface area contributed by atoms with E-state index in [1.165, 1.54) is 4.90 Å². The number of benzene rings is 1. The molecule has 0 aliphatic heterocycles. The number of nitrogens with one attached hydrogen (secondary N) is 1. The first-order chi connectivity index (χ1) is 14.0. The topological polar surface area (TPSA) is 80.6 Å². The van der Waals surface area contributed by atoms with Crippen LogP contribution in [0.15, 0.2) is 48.0 Å². The van der Waals surface area contributed by atoms with Crippen molar-refractivity contribution in [2.75, 3.05) is 19.7 Å². The fourth-order valence-corrected chi connectivity index (χ4v) is 3.65. The molecule has 0 unspecified atom stereocenters. The molecule has 0 radical (unpaired) electrons. The molecule has 152 valence electrons. The minimum Gasteiger partial charge on any atom is -0.452 e. The van der Waals surface area contributed by atoms with Crippen LogP contribution in [0.2, 0.25) is 0 Å². The van der Waals surface area contributed by atoms with Crippen LogP contribution in [-0.4, -0.2) is 46.9 Å². The van der Waals surface area contributed by atoms with Crippen molar-refractivity contribution in [1.29, 1.82) is 0 Å². The number of ether oxygens (including phenoxy) is 1. The smallest absolute Gasteiger partial charge is 0.340 e. The van der Waals surface area contributed by atoms with E-state index in [-0.39, 0.29) is 12.5 Å². The Morgan fingerprint density at radius 1 is 1.17 bits per heavy atom. The van der Waals surface area contributed by atoms with Gasteiger partial charge in [0.25, 0.3) is 5.91 Å². The predicted octanol–water partition coefficient (Wildman–Crippen LogP) is 2.56. The number of likely N-dealkylation sites (N-methyl/N-ethyl adjacent to an activating group) is 1. The summed E-state index contributed by atoms with van der Waals surface area (Å²) in [5, 5.41) is 5.49. The lowest BCUT2D eigenvalue weighted by Gasteiger charge is -2.20. The molecule has 0 saturated heterocycles. The second kappa shape index (κ2) is 9.38. The number of hydrogen-bond donors (Lipinski definition) is 1. The summed E-state index contributed by atoms with van der Waals surface area (Å²) in [5.41, 5.74) is 1.32. The summed E-state index contributed by atoms with van der Waals surface area (Å²) in [6, 6.07) is 11.3. The molecule has 0 spiro atoms. The lowest BCUT2D eigenvalue weighted by molar-refractivity contribution is -0.138. The zero-order valence-corrected chi connectivity index (χ0v) is 17.2. The van der Waals surface area contributed by atoms with Gasteiger partial charge in [-0.05, 0) is 24.4 Å². The van der Waals surface area contributed by atoms with E-state index < -0.39 is 18.5 Å². The molecular formula is C21H23N3O4S. The molecule has 7 nitrogen and oxygen atoms in total. The Morgan fingerprint density at radius 3 is 2.69 bits per heavy atom. The van der Waals surface area contributed by atoms with E-state index in [2.05, 4.69) is 5.32 Å². The molecule has 2 amide bonds. The van der Waals surface area contributed by atoms with E-state index in [0.717, 1.165) is 15.8 Å². The predicted molar refractivity (Wildman–Crippen MR) is 112 cm³/mol. The average molecular weight is 413 g/mol. The zero-order chi connectivity index (χ0) is 20.8. The largest absolute Gasteiger partial charge is 0.452 e. The van der Waals surface area contributed by atoms with Crippen molar-refractivity contribution in [3.63, 3.8) is 0 Å².